The molecule has 4 nitrogen and oxygen atoms in total. The Kier molecular flexibility index (Phi) is 3.22. The molecule has 1 aliphatic heterocycles. The largest absolute Gasteiger partial charge is 0.490 e. The van der Waals surface area contributed by atoms with Crippen LogP contribution < -0.4 is 9.47 Å². The summed E-state index contributed by atoms with van der Waals surface area (Å²) in [6.07, 6.45) is 2.42. The van der Waals surface area contributed by atoms with Gasteiger partial charge in [0, 0.05) is 6.42 Å². The number of nitrogens with zero attached hydrogens (tertiary/aromatic N) is 1. The number of rotatable bonds is 2. The third-order valence-electron chi connectivity index (χ3n) is 2.42. The first-order valence-corrected chi connectivity index (χ1v) is 5.24. The highest BCUT2D eigenvalue weighted by atomic mass is 16.5. The van der Waals surface area contributed by atoms with E-state index in [0.29, 0.717) is 19.8 Å². The van der Waals surface area contributed by atoms with Crippen LogP contribution in [0.4, 0.5) is 0 Å². The van der Waals surface area contributed by atoms with Crippen molar-refractivity contribution in [3.8, 4) is 11.5 Å². The summed E-state index contributed by atoms with van der Waals surface area (Å²) in [6, 6.07) is 3.82. The zero-order valence-corrected chi connectivity index (χ0v) is 9.16. The molecule has 0 saturated heterocycles. The molecule has 1 aliphatic rings. The minimum atomic E-state index is 0.334. The van der Waals surface area contributed by atoms with Gasteiger partial charge in [-0.25, -0.2) is 9.79 Å². The van der Waals surface area contributed by atoms with Gasteiger partial charge in [-0.2, -0.15) is 0 Å². The van der Waals surface area contributed by atoms with Crippen molar-refractivity contribution >= 4 is 6.08 Å². The Morgan fingerprint density at radius 1 is 1.38 bits per heavy atom. The van der Waals surface area contributed by atoms with Gasteiger partial charge < -0.3 is 9.47 Å². The SMILES string of the molecule is Cc1cc(CN=C=O)cc2c1OCCCO2. The van der Waals surface area contributed by atoms with E-state index in [4.69, 9.17) is 9.47 Å². The number of carbonyl (C=O) groups excluding carboxylic acids is 1. The van der Waals surface area contributed by atoms with Gasteiger partial charge in [0.2, 0.25) is 6.08 Å². The number of ether oxygens (including phenoxy) is 2. The summed E-state index contributed by atoms with van der Waals surface area (Å²) in [6.45, 7) is 3.63. The van der Waals surface area contributed by atoms with Crippen LogP contribution in [0.5, 0.6) is 11.5 Å². The van der Waals surface area contributed by atoms with Crippen LogP contribution in [0.15, 0.2) is 17.1 Å². The number of hydrogen-bond donors (Lipinski definition) is 0. The summed E-state index contributed by atoms with van der Waals surface area (Å²) in [7, 11) is 0. The fraction of sp³-hybridized carbons (Fsp3) is 0.417. The second-order valence-electron chi connectivity index (χ2n) is 3.70. The lowest BCUT2D eigenvalue weighted by atomic mass is 10.1. The van der Waals surface area contributed by atoms with E-state index in [9.17, 15) is 4.79 Å². The fourth-order valence-electron chi connectivity index (χ4n) is 1.74. The number of benzene rings is 1. The molecule has 0 atom stereocenters. The van der Waals surface area contributed by atoms with Gasteiger partial charge in [0.1, 0.15) is 0 Å². The third-order valence-corrected chi connectivity index (χ3v) is 2.42. The topological polar surface area (TPSA) is 47.9 Å². The molecule has 1 aromatic carbocycles. The third kappa shape index (κ3) is 2.23. The molecule has 0 radical (unpaired) electrons. The van der Waals surface area contributed by atoms with Crippen LogP contribution >= 0.6 is 0 Å². The Balaban J connectivity index is 2.35. The van der Waals surface area contributed by atoms with Gasteiger partial charge in [-0.05, 0) is 24.1 Å². The molecule has 2 rings (SSSR count). The van der Waals surface area contributed by atoms with Crippen LogP contribution in [0.2, 0.25) is 0 Å². The molecule has 1 heterocycles. The van der Waals surface area contributed by atoms with E-state index in [1.54, 1.807) is 0 Å². The molecule has 0 unspecified atom stereocenters. The van der Waals surface area contributed by atoms with Crippen molar-refractivity contribution in [3.05, 3.63) is 23.3 Å². The van der Waals surface area contributed by atoms with Crippen molar-refractivity contribution in [2.75, 3.05) is 13.2 Å². The lowest BCUT2D eigenvalue weighted by Gasteiger charge is -2.11. The van der Waals surface area contributed by atoms with E-state index in [1.807, 2.05) is 19.1 Å². The van der Waals surface area contributed by atoms with Crippen molar-refractivity contribution < 1.29 is 14.3 Å². The van der Waals surface area contributed by atoms with Crippen molar-refractivity contribution in [2.45, 2.75) is 19.9 Å². The van der Waals surface area contributed by atoms with Gasteiger partial charge in [-0.1, -0.05) is 6.07 Å². The molecule has 0 saturated carbocycles. The molecule has 1 aromatic rings. The van der Waals surface area contributed by atoms with Crippen LogP contribution in [-0.2, 0) is 11.3 Å². The normalized spacial score (nSPS) is 13.8. The van der Waals surface area contributed by atoms with Crippen molar-refractivity contribution in [3.63, 3.8) is 0 Å². The molecule has 0 amide bonds. The fourth-order valence-corrected chi connectivity index (χ4v) is 1.74. The maximum Gasteiger partial charge on any atom is 0.235 e. The van der Waals surface area contributed by atoms with Crippen LogP contribution in [0.1, 0.15) is 17.5 Å². The summed E-state index contributed by atoms with van der Waals surface area (Å²) < 4.78 is 11.2. The zero-order valence-electron chi connectivity index (χ0n) is 9.16. The quantitative estimate of drug-likeness (QED) is 0.564. The number of aliphatic imine (C=N–C) groups is 1. The highest BCUT2D eigenvalue weighted by molar-refractivity contribution is 5.49. The number of isocyanates is 1. The molecule has 84 valence electrons. The Labute approximate surface area is 93.9 Å². The number of aryl methyl sites for hydroxylation is 1. The van der Waals surface area contributed by atoms with E-state index in [1.165, 1.54) is 6.08 Å². The minimum Gasteiger partial charge on any atom is -0.490 e. The highest BCUT2D eigenvalue weighted by Crippen LogP contribution is 2.34. The van der Waals surface area contributed by atoms with E-state index in [2.05, 4.69) is 4.99 Å². The summed E-state index contributed by atoms with van der Waals surface area (Å²) in [5.41, 5.74) is 1.94. The van der Waals surface area contributed by atoms with Gasteiger partial charge in [0.25, 0.3) is 0 Å². The first-order chi connectivity index (χ1) is 7.81. The lowest BCUT2D eigenvalue weighted by molar-refractivity contribution is 0.296. The van der Waals surface area contributed by atoms with Gasteiger partial charge in [-0.3, -0.25) is 0 Å². The van der Waals surface area contributed by atoms with Gasteiger partial charge in [0.05, 0.1) is 19.8 Å². The van der Waals surface area contributed by atoms with E-state index < -0.39 is 0 Å². The van der Waals surface area contributed by atoms with E-state index in [0.717, 1.165) is 29.0 Å². The molecule has 0 spiro atoms. The second kappa shape index (κ2) is 4.81. The predicted molar refractivity (Wildman–Crippen MR) is 58.6 cm³/mol. The van der Waals surface area contributed by atoms with Crippen LogP contribution in [-0.4, -0.2) is 19.3 Å². The molecule has 0 aromatic heterocycles. The first-order valence-electron chi connectivity index (χ1n) is 5.24. The summed E-state index contributed by atoms with van der Waals surface area (Å²) in [5, 5.41) is 0. The summed E-state index contributed by atoms with van der Waals surface area (Å²) >= 11 is 0. The molecular formula is C12H13NO3. The first kappa shape index (κ1) is 10.7. The maximum absolute atomic E-state index is 10.1. The van der Waals surface area contributed by atoms with Gasteiger partial charge >= 0.3 is 0 Å². The van der Waals surface area contributed by atoms with E-state index >= 15 is 0 Å². The van der Waals surface area contributed by atoms with Gasteiger partial charge in [0.15, 0.2) is 11.5 Å². The van der Waals surface area contributed by atoms with Crippen molar-refractivity contribution in [1.82, 2.24) is 0 Å². The standard InChI is InChI=1S/C12H13NO3/c1-9-5-10(7-13-8-14)6-11-12(9)16-4-2-3-15-11/h5-6H,2-4,7H2,1H3. The average Bonchev–Trinajstić information content (AvgIpc) is 2.51. The molecule has 0 fully saturated rings. The molecule has 0 aliphatic carbocycles. The Hall–Kier alpha value is -1.80. The zero-order chi connectivity index (χ0) is 11.4. The summed E-state index contributed by atoms with van der Waals surface area (Å²) in [5.74, 6) is 1.55. The Morgan fingerprint density at radius 3 is 3.00 bits per heavy atom. The Bertz CT molecular complexity index is 436. The number of hydrogen-bond acceptors (Lipinski definition) is 4. The van der Waals surface area contributed by atoms with Crippen molar-refractivity contribution in [1.29, 1.82) is 0 Å². The highest BCUT2D eigenvalue weighted by Gasteiger charge is 2.13. The maximum atomic E-state index is 10.1. The molecule has 0 bridgehead atoms. The lowest BCUT2D eigenvalue weighted by Crippen LogP contribution is -1.97. The average molecular weight is 219 g/mol. The predicted octanol–water partition coefficient (Wildman–Crippen LogP) is 1.99. The molecule has 4 heteroatoms. The van der Waals surface area contributed by atoms with Gasteiger partial charge in [-0.15, -0.1) is 0 Å². The molecule has 0 N–H and O–H groups in total. The smallest absolute Gasteiger partial charge is 0.235 e. The monoisotopic (exact) mass is 219 g/mol. The summed E-state index contributed by atoms with van der Waals surface area (Å²) in [4.78, 5) is 13.6. The Morgan fingerprint density at radius 2 is 2.19 bits per heavy atom. The van der Waals surface area contributed by atoms with Crippen LogP contribution in [0.25, 0.3) is 0 Å². The van der Waals surface area contributed by atoms with Crippen molar-refractivity contribution in [2.24, 2.45) is 4.99 Å². The van der Waals surface area contributed by atoms with Crippen LogP contribution in [0, 0.1) is 6.92 Å². The number of fused-ring (bicyclic) bond motifs is 1. The molecular weight excluding hydrogens is 206 g/mol. The van der Waals surface area contributed by atoms with Crippen LogP contribution in [0.3, 0.4) is 0 Å². The second-order valence-corrected chi connectivity index (χ2v) is 3.70. The molecule has 16 heavy (non-hydrogen) atoms. The van der Waals surface area contributed by atoms with E-state index in [-0.39, 0.29) is 0 Å². The minimum absolute atomic E-state index is 0.334.